The Labute approximate surface area is 191 Å². The number of hydrogen-bond acceptors (Lipinski definition) is 7. The highest BCUT2D eigenvalue weighted by Crippen LogP contribution is 2.29. The van der Waals surface area contributed by atoms with Gasteiger partial charge in [0.15, 0.2) is 17.4 Å². The Morgan fingerprint density at radius 2 is 2.06 bits per heavy atom. The average Bonchev–Trinajstić information content (AvgIpc) is 3.34. The molecule has 2 atom stereocenters. The van der Waals surface area contributed by atoms with Crippen molar-refractivity contribution in [3.63, 3.8) is 0 Å². The number of anilines is 1. The van der Waals surface area contributed by atoms with Crippen LogP contribution in [0.15, 0.2) is 24.3 Å². The summed E-state index contributed by atoms with van der Waals surface area (Å²) in [4.78, 5) is 22.9. The highest BCUT2D eigenvalue weighted by Gasteiger charge is 2.39. The fourth-order valence-corrected chi connectivity index (χ4v) is 3.72. The maximum Gasteiger partial charge on any atom is 0.425 e. The largest absolute Gasteiger partial charge is 0.451 e. The molecule has 0 bridgehead atoms. The number of amides is 1. The average molecular weight is 484 g/mol. The third-order valence-electron chi connectivity index (χ3n) is 5.16. The summed E-state index contributed by atoms with van der Waals surface area (Å²) < 4.78 is 44.1. The Morgan fingerprint density at radius 3 is 2.76 bits per heavy atom. The molecular weight excluding hydrogens is 463 g/mol. The van der Waals surface area contributed by atoms with E-state index >= 15 is 0 Å². The van der Waals surface area contributed by atoms with E-state index in [-0.39, 0.29) is 24.1 Å². The van der Waals surface area contributed by atoms with Gasteiger partial charge < -0.3 is 15.0 Å². The van der Waals surface area contributed by atoms with Crippen molar-refractivity contribution in [3.8, 4) is 6.01 Å². The number of hydrogen-bond donors (Lipinski definition) is 1. The molecule has 1 aliphatic heterocycles. The van der Waals surface area contributed by atoms with Crippen LogP contribution in [0.4, 0.5) is 19.0 Å². The van der Waals surface area contributed by atoms with E-state index in [0.29, 0.717) is 35.9 Å². The van der Waals surface area contributed by atoms with Crippen molar-refractivity contribution in [2.75, 3.05) is 18.0 Å². The Hall–Kier alpha value is -3.15. The van der Waals surface area contributed by atoms with Crippen LogP contribution in [-0.4, -0.2) is 62.3 Å². The molecule has 0 aliphatic carbocycles. The van der Waals surface area contributed by atoms with Crippen LogP contribution < -0.4 is 15.0 Å². The number of rotatable bonds is 6. The van der Waals surface area contributed by atoms with Crippen molar-refractivity contribution in [1.82, 2.24) is 30.3 Å². The number of nitrogens with zero attached hydrogens (tertiary/aromatic N) is 6. The molecule has 1 amide bonds. The molecule has 13 heteroatoms. The standard InChI is InChI=1S/C20H21ClF3N7O2/c1-11(20(22,23)24)33-19-26-17-16(18(27-19)30-8-7-14(10-30)25-12(2)32)28-31(29-17)9-13-5-3-4-6-15(13)21/h3-6,11,14H,7-10H2,1-2H3,(H,25,32)/t11-,14?/m0/s1. The molecule has 3 aromatic rings. The van der Waals surface area contributed by atoms with Crippen molar-refractivity contribution < 1.29 is 22.7 Å². The molecule has 1 aromatic carbocycles. The lowest BCUT2D eigenvalue weighted by Gasteiger charge is -2.20. The lowest BCUT2D eigenvalue weighted by molar-refractivity contribution is -0.190. The van der Waals surface area contributed by atoms with Gasteiger partial charge in [-0.05, 0) is 25.0 Å². The van der Waals surface area contributed by atoms with Crippen molar-refractivity contribution in [2.45, 2.75) is 45.1 Å². The third kappa shape index (κ3) is 5.27. The Balaban J connectivity index is 1.70. The second kappa shape index (κ2) is 9.00. The van der Waals surface area contributed by atoms with Gasteiger partial charge in [0.1, 0.15) is 0 Å². The third-order valence-corrected chi connectivity index (χ3v) is 5.53. The van der Waals surface area contributed by atoms with Crippen LogP contribution in [0.25, 0.3) is 11.2 Å². The molecule has 0 radical (unpaired) electrons. The zero-order chi connectivity index (χ0) is 23.8. The number of benzene rings is 1. The number of fused-ring (bicyclic) bond motifs is 1. The smallest absolute Gasteiger partial charge is 0.425 e. The molecule has 1 N–H and O–H groups in total. The molecule has 4 rings (SSSR count). The van der Waals surface area contributed by atoms with Gasteiger partial charge in [0.05, 0.1) is 6.54 Å². The van der Waals surface area contributed by atoms with E-state index in [1.807, 2.05) is 17.0 Å². The highest BCUT2D eigenvalue weighted by molar-refractivity contribution is 6.31. The van der Waals surface area contributed by atoms with Gasteiger partial charge in [-0.2, -0.15) is 27.9 Å². The molecule has 2 aromatic heterocycles. The molecule has 0 saturated carbocycles. The Bertz CT molecular complexity index is 1170. The molecule has 176 valence electrons. The summed E-state index contributed by atoms with van der Waals surface area (Å²) in [5.74, 6) is 0.131. The lowest BCUT2D eigenvalue weighted by atomic mass is 10.2. The van der Waals surface area contributed by atoms with Crippen molar-refractivity contribution in [3.05, 3.63) is 34.9 Å². The minimum Gasteiger partial charge on any atom is -0.451 e. The van der Waals surface area contributed by atoms with E-state index in [2.05, 4.69) is 25.5 Å². The molecule has 9 nitrogen and oxygen atoms in total. The zero-order valence-corrected chi connectivity index (χ0v) is 18.6. The summed E-state index contributed by atoms with van der Waals surface area (Å²) in [5.41, 5.74) is 1.18. The van der Waals surface area contributed by atoms with E-state index in [0.717, 1.165) is 12.5 Å². The first-order chi connectivity index (χ1) is 15.6. The number of aromatic nitrogens is 5. The molecule has 1 fully saturated rings. The summed E-state index contributed by atoms with van der Waals surface area (Å²) in [5, 5.41) is 12.2. The molecule has 1 aliphatic rings. The molecule has 0 spiro atoms. The lowest BCUT2D eigenvalue weighted by Crippen LogP contribution is -2.36. The SMILES string of the molecule is CC(=O)NC1CCN(c2nc(O[C@@H](C)C(F)(F)F)nc3nn(Cc4ccccc4Cl)nc23)C1. The molecule has 1 unspecified atom stereocenters. The van der Waals surface area contributed by atoms with Gasteiger partial charge in [0.2, 0.25) is 11.6 Å². The van der Waals surface area contributed by atoms with Crippen LogP contribution in [0.5, 0.6) is 6.01 Å². The number of alkyl halides is 3. The highest BCUT2D eigenvalue weighted by atomic mass is 35.5. The van der Waals surface area contributed by atoms with Gasteiger partial charge in [0, 0.05) is 31.1 Å². The van der Waals surface area contributed by atoms with Gasteiger partial charge in [0.25, 0.3) is 0 Å². The summed E-state index contributed by atoms with van der Waals surface area (Å²) in [6.45, 7) is 3.47. The van der Waals surface area contributed by atoms with E-state index in [1.54, 1.807) is 12.1 Å². The topological polar surface area (TPSA) is 98.1 Å². The predicted octanol–water partition coefficient (Wildman–Crippen LogP) is 2.97. The fourth-order valence-electron chi connectivity index (χ4n) is 3.52. The van der Waals surface area contributed by atoms with Crippen molar-refractivity contribution in [2.24, 2.45) is 0 Å². The minimum absolute atomic E-state index is 0.0967. The normalized spacial score (nSPS) is 17.4. The minimum atomic E-state index is -4.58. The summed E-state index contributed by atoms with van der Waals surface area (Å²) in [7, 11) is 0. The van der Waals surface area contributed by atoms with E-state index in [9.17, 15) is 18.0 Å². The van der Waals surface area contributed by atoms with Crippen molar-refractivity contribution >= 4 is 34.5 Å². The molecule has 3 heterocycles. The first-order valence-corrected chi connectivity index (χ1v) is 10.6. The van der Waals surface area contributed by atoms with Crippen molar-refractivity contribution in [1.29, 1.82) is 0 Å². The Kier molecular flexibility index (Phi) is 6.28. The maximum atomic E-state index is 13.0. The maximum absolute atomic E-state index is 13.0. The van der Waals surface area contributed by atoms with Gasteiger partial charge in [-0.3, -0.25) is 4.79 Å². The summed E-state index contributed by atoms with van der Waals surface area (Å²) >= 11 is 6.22. The van der Waals surface area contributed by atoms with Crippen LogP contribution in [0.1, 0.15) is 25.8 Å². The Morgan fingerprint density at radius 1 is 1.30 bits per heavy atom. The van der Waals surface area contributed by atoms with Gasteiger partial charge >= 0.3 is 12.2 Å². The summed E-state index contributed by atoms with van der Waals surface area (Å²) in [6.07, 6.45) is -6.04. The number of nitrogens with one attached hydrogen (secondary N) is 1. The fraction of sp³-hybridized carbons (Fsp3) is 0.450. The first-order valence-electron chi connectivity index (χ1n) is 10.2. The quantitative estimate of drug-likeness (QED) is 0.575. The number of ether oxygens (including phenoxy) is 1. The van der Waals surface area contributed by atoms with Crippen LogP contribution in [0, 0.1) is 0 Å². The van der Waals surface area contributed by atoms with Gasteiger partial charge in [-0.25, -0.2) is 0 Å². The molecule has 1 saturated heterocycles. The molecular formula is C20H21ClF3N7O2. The number of halogens is 4. The number of carbonyl (C=O) groups excluding carboxylic acids is 1. The van der Waals surface area contributed by atoms with E-state index in [1.165, 1.54) is 11.7 Å². The van der Waals surface area contributed by atoms with E-state index < -0.39 is 18.3 Å². The first kappa shape index (κ1) is 23.0. The monoisotopic (exact) mass is 483 g/mol. The zero-order valence-electron chi connectivity index (χ0n) is 17.8. The van der Waals surface area contributed by atoms with Crippen LogP contribution in [-0.2, 0) is 11.3 Å². The second-order valence-electron chi connectivity index (χ2n) is 7.76. The predicted molar refractivity (Wildman–Crippen MR) is 114 cm³/mol. The van der Waals surface area contributed by atoms with Gasteiger partial charge in [-0.15, -0.1) is 10.2 Å². The van der Waals surface area contributed by atoms with Crippen LogP contribution >= 0.6 is 11.6 Å². The number of carbonyl (C=O) groups is 1. The second-order valence-corrected chi connectivity index (χ2v) is 8.16. The summed E-state index contributed by atoms with van der Waals surface area (Å²) in [6, 6.07) is 6.61. The van der Waals surface area contributed by atoms with Crippen LogP contribution in [0.3, 0.4) is 0 Å². The van der Waals surface area contributed by atoms with E-state index in [4.69, 9.17) is 16.3 Å². The van der Waals surface area contributed by atoms with Gasteiger partial charge in [-0.1, -0.05) is 29.8 Å². The van der Waals surface area contributed by atoms with Crippen LogP contribution in [0.2, 0.25) is 5.02 Å². The molecule has 33 heavy (non-hydrogen) atoms.